The summed E-state index contributed by atoms with van der Waals surface area (Å²) in [6, 6.07) is 8.84. The van der Waals surface area contributed by atoms with E-state index in [9.17, 15) is 4.79 Å². The molecule has 0 aliphatic carbocycles. The average molecular weight is 445 g/mol. The Balaban J connectivity index is 1.60. The summed E-state index contributed by atoms with van der Waals surface area (Å²) in [5, 5.41) is 12.8. The summed E-state index contributed by atoms with van der Waals surface area (Å²) in [5.74, 6) is 0.994. The van der Waals surface area contributed by atoms with Gasteiger partial charge >= 0.3 is 0 Å². The van der Waals surface area contributed by atoms with E-state index >= 15 is 0 Å². The van der Waals surface area contributed by atoms with E-state index in [0.717, 1.165) is 18.7 Å². The van der Waals surface area contributed by atoms with Crippen LogP contribution in [-0.2, 0) is 0 Å². The molecule has 2 atom stereocenters. The Morgan fingerprint density at radius 1 is 1.17 bits per heavy atom. The number of nitrogens with zero attached hydrogens (tertiary/aromatic N) is 5. The summed E-state index contributed by atoms with van der Waals surface area (Å²) in [7, 11) is 0. The zero-order valence-corrected chi connectivity index (χ0v) is 18.0. The Labute approximate surface area is 185 Å². The Morgan fingerprint density at radius 3 is 2.67 bits per heavy atom. The summed E-state index contributed by atoms with van der Waals surface area (Å²) >= 11 is 12.1. The molecule has 0 unspecified atom stereocenters. The Hall–Kier alpha value is -2.64. The summed E-state index contributed by atoms with van der Waals surface area (Å²) in [4.78, 5) is 21.3. The van der Waals surface area contributed by atoms with E-state index in [-0.39, 0.29) is 11.9 Å². The van der Waals surface area contributed by atoms with E-state index in [2.05, 4.69) is 27.4 Å². The fourth-order valence-electron chi connectivity index (χ4n) is 3.85. The lowest BCUT2D eigenvalue weighted by atomic mass is 9.90. The van der Waals surface area contributed by atoms with Crippen molar-refractivity contribution in [2.75, 3.05) is 18.4 Å². The van der Waals surface area contributed by atoms with Crippen LogP contribution in [0.1, 0.15) is 30.1 Å². The second-order valence-electron chi connectivity index (χ2n) is 7.41. The highest BCUT2D eigenvalue weighted by atomic mass is 35.5. The third-order valence-corrected chi connectivity index (χ3v) is 5.88. The molecule has 1 N–H and O–H groups in total. The van der Waals surface area contributed by atoms with Crippen LogP contribution in [-0.4, -0.2) is 49.9 Å². The minimum Gasteiger partial charge on any atom is -0.368 e. The number of hydrogen-bond acceptors (Lipinski definition) is 5. The molecule has 7 nitrogen and oxygen atoms in total. The number of halogens is 2. The van der Waals surface area contributed by atoms with Crippen molar-refractivity contribution in [1.82, 2.24) is 24.9 Å². The molecule has 4 rings (SSSR count). The Kier molecular flexibility index (Phi) is 6.20. The van der Waals surface area contributed by atoms with Crippen molar-refractivity contribution in [3.8, 4) is 5.69 Å². The number of anilines is 1. The van der Waals surface area contributed by atoms with Crippen LogP contribution in [0.5, 0.6) is 0 Å². The van der Waals surface area contributed by atoms with Crippen molar-refractivity contribution in [1.29, 1.82) is 0 Å². The summed E-state index contributed by atoms with van der Waals surface area (Å²) in [6.07, 6.45) is 6.79. The fraction of sp³-hybridized carbons (Fsp3) is 0.333. The van der Waals surface area contributed by atoms with Gasteiger partial charge in [0, 0.05) is 24.3 Å². The van der Waals surface area contributed by atoms with Crippen molar-refractivity contribution in [2.24, 2.45) is 5.92 Å². The first-order valence-electron chi connectivity index (χ1n) is 9.85. The van der Waals surface area contributed by atoms with E-state index in [0.29, 0.717) is 40.3 Å². The van der Waals surface area contributed by atoms with E-state index < -0.39 is 0 Å². The van der Waals surface area contributed by atoms with Crippen molar-refractivity contribution in [3.63, 3.8) is 0 Å². The summed E-state index contributed by atoms with van der Waals surface area (Å²) < 4.78 is 0. The molecular formula is C21H22Cl2N6O. The highest BCUT2D eigenvalue weighted by Gasteiger charge is 2.33. The quantitative estimate of drug-likeness (QED) is 0.633. The molecule has 30 heavy (non-hydrogen) atoms. The number of aromatic nitrogens is 4. The van der Waals surface area contributed by atoms with Crippen LogP contribution >= 0.6 is 23.2 Å². The van der Waals surface area contributed by atoms with Crippen LogP contribution in [0, 0.1) is 5.92 Å². The normalized spacial score (nSPS) is 19.0. The summed E-state index contributed by atoms with van der Waals surface area (Å²) in [6.45, 7) is 3.45. The number of pyridine rings is 1. The topological polar surface area (TPSA) is 75.9 Å². The highest BCUT2D eigenvalue weighted by Crippen LogP contribution is 2.28. The number of benzene rings is 1. The van der Waals surface area contributed by atoms with Crippen molar-refractivity contribution in [3.05, 3.63) is 64.5 Å². The third kappa shape index (κ3) is 4.42. The predicted octanol–water partition coefficient (Wildman–Crippen LogP) is 4.32. The molecule has 9 heteroatoms. The first-order valence-corrected chi connectivity index (χ1v) is 10.6. The molecule has 0 spiro atoms. The molecule has 0 saturated carbocycles. The number of piperidine rings is 1. The van der Waals surface area contributed by atoms with Crippen LogP contribution in [0.15, 0.2) is 48.9 Å². The molecule has 1 aliphatic heterocycles. The van der Waals surface area contributed by atoms with Gasteiger partial charge in [-0.15, -0.1) is 0 Å². The average Bonchev–Trinajstić information content (AvgIpc) is 3.28. The maximum Gasteiger partial charge on any atom is 0.256 e. The third-order valence-electron chi connectivity index (χ3n) is 5.42. The maximum atomic E-state index is 13.6. The van der Waals surface area contributed by atoms with Gasteiger partial charge in [0.05, 0.1) is 34.7 Å². The molecule has 3 aromatic rings. The first-order chi connectivity index (χ1) is 14.5. The predicted molar refractivity (Wildman–Crippen MR) is 117 cm³/mol. The van der Waals surface area contributed by atoms with Crippen molar-refractivity contribution < 1.29 is 4.79 Å². The first kappa shape index (κ1) is 20.6. The van der Waals surface area contributed by atoms with E-state index in [1.807, 2.05) is 11.0 Å². The van der Waals surface area contributed by atoms with Crippen molar-refractivity contribution in [2.45, 2.75) is 25.8 Å². The van der Waals surface area contributed by atoms with Gasteiger partial charge in [-0.25, -0.2) is 4.98 Å². The molecule has 3 heterocycles. The minimum absolute atomic E-state index is 0.0149. The van der Waals surface area contributed by atoms with E-state index in [1.165, 1.54) is 4.80 Å². The largest absolute Gasteiger partial charge is 0.368 e. The van der Waals surface area contributed by atoms with Crippen LogP contribution in [0.25, 0.3) is 5.69 Å². The molecular weight excluding hydrogens is 423 g/mol. The number of carbonyl (C=O) groups is 1. The molecule has 1 aromatic carbocycles. The van der Waals surface area contributed by atoms with Gasteiger partial charge in [0.2, 0.25) is 0 Å². The monoisotopic (exact) mass is 444 g/mol. The summed E-state index contributed by atoms with van der Waals surface area (Å²) in [5.41, 5.74) is 1.10. The van der Waals surface area contributed by atoms with Crippen LogP contribution < -0.4 is 5.32 Å². The standard InChI is InChI=1S/C21H22Cl2N6O/c1-14-3-2-10-28(19(14)13-25-20-7-5-16(23)12-24-20)21(30)17-11-15(22)4-6-18(17)29-26-8-9-27-29/h4-9,11-12,14,19H,2-3,10,13H2,1H3,(H,24,25)/t14-,19-/m1/s1. The number of rotatable bonds is 5. The molecule has 1 aliphatic rings. The lowest BCUT2D eigenvalue weighted by Gasteiger charge is -2.40. The molecule has 1 amide bonds. The van der Waals surface area contributed by atoms with Gasteiger partial charge in [0.15, 0.2) is 0 Å². The second kappa shape index (κ2) is 9.02. The van der Waals surface area contributed by atoms with Crippen molar-refractivity contribution >= 4 is 34.9 Å². The lowest BCUT2D eigenvalue weighted by Crippen LogP contribution is -2.51. The van der Waals surface area contributed by atoms with Gasteiger partial charge in [0.25, 0.3) is 5.91 Å². The molecule has 156 valence electrons. The van der Waals surface area contributed by atoms with Gasteiger partial charge in [-0.3, -0.25) is 4.79 Å². The maximum absolute atomic E-state index is 13.6. The van der Waals surface area contributed by atoms with Crippen LogP contribution in [0.3, 0.4) is 0 Å². The number of carbonyl (C=O) groups excluding carboxylic acids is 1. The van der Waals surface area contributed by atoms with E-state index in [1.54, 1.807) is 42.9 Å². The highest BCUT2D eigenvalue weighted by molar-refractivity contribution is 6.31. The van der Waals surface area contributed by atoms with Gasteiger partial charge in [-0.2, -0.15) is 15.0 Å². The molecule has 0 bridgehead atoms. The number of hydrogen-bond donors (Lipinski definition) is 1. The number of likely N-dealkylation sites (tertiary alicyclic amines) is 1. The minimum atomic E-state index is -0.0767. The molecule has 0 radical (unpaired) electrons. The molecule has 1 saturated heterocycles. The van der Waals surface area contributed by atoms with Crippen LogP contribution in [0.2, 0.25) is 10.0 Å². The number of nitrogens with one attached hydrogen (secondary N) is 1. The second-order valence-corrected chi connectivity index (χ2v) is 8.28. The van der Waals surface area contributed by atoms with Gasteiger partial charge < -0.3 is 10.2 Å². The van der Waals surface area contributed by atoms with Gasteiger partial charge in [-0.1, -0.05) is 30.1 Å². The van der Waals surface area contributed by atoms with Gasteiger partial charge in [-0.05, 0) is 49.1 Å². The molecule has 2 aromatic heterocycles. The smallest absolute Gasteiger partial charge is 0.256 e. The van der Waals surface area contributed by atoms with Crippen LogP contribution in [0.4, 0.5) is 5.82 Å². The van der Waals surface area contributed by atoms with E-state index in [4.69, 9.17) is 23.2 Å². The fourth-order valence-corrected chi connectivity index (χ4v) is 4.13. The Bertz CT molecular complexity index is 1010. The number of amides is 1. The lowest BCUT2D eigenvalue weighted by molar-refractivity contribution is 0.0539. The SMILES string of the molecule is C[C@@H]1CCCN(C(=O)c2cc(Cl)ccc2-n2nccn2)[C@@H]1CNc1ccc(Cl)cn1. The van der Waals surface area contributed by atoms with Gasteiger partial charge in [0.1, 0.15) is 5.82 Å². The zero-order chi connectivity index (χ0) is 21.1. The zero-order valence-electron chi connectivity index (χ0n) is 16.5. The Morgan fingerprint density at radius 2 is 1.93 bits per heavy atom. The molecule has 1 fully saturated rings.